The highest BCUT2D eigenvalue weighted by molar-refractivity contribution is 5.89. The van der Waals surface area contributed by atoms with Gasteiger partial charge in [-0.15, -0.1) is 0 Å². The van der Waals surface area contributed by atoms with Crippen molar-refractivity contribution < 1.29 is 13.9 Å². The lowest BCUT2D eigenvalue weighted by Gasteiger charge is -2.18. The van der Waals surface area contributed by atoms with Crippen molar-refractivity contribution in [2.24, 2.45) is 4.99 Å². The third-order valence-corrected chi connectivity index (χ3v) is 4.64. The lowest BCUT2D eigenvalue weighted by Crippen LogP contribution is -2.15. The smallest absolute Gasteiger partial charge is 0.162 e. The number of aromatic nitrogens is 2. The first kappa shape index (κ1) is 17.3. The molecule has 0 saturated carbocycles. The zero-order chi connectivity index (χ0) is 19.5. The Kier molecular flexibility index (Phi) is 4.58. The molecule has 144 valence electrons. The highest BCUT2D eigenvalue weighted by Crippen LogP contribution is 2.35. The van der Waals surface area contributed by atoms with E-state index in [1.165, 1.54) is 0 Å². The Bertz CT molecular complexity index is 1130. The molecule has 6 heteroatoms. The van der Waals surface area contributed by atoms with Gasteiger partial charge in [0, 0.05) is 23.5 Å². The summed E-state index contributed by atoms with van der Waals surface area (Å²) in [5.41, 5.74) is 3.67. The largest absolute Gasteiger partial charge is 0.486 e. The second-order valence-electron chi connectivity index (χ2n) is 6.62. The van der Waals surface area contributed by atoms with E-state index >= 15 is 0 Å². The molecule has 0 N–H and O–H groups in total. The van der Waals surface area contributed by atoms with Gasteiger partial charge in [-0.1, -0.05) is 18.2 Å². The Morgan fingerprint density at radius 1 is 0.966 bits per heavy atom. The average Bonchev–Trinajstić information content (AvgIpc) is 3.44. The topological polar surface area (TPSA) is 61.8 Å². The molecule has 0 bridgehead atoms. The molecule has 0 fully saturated rings. The van der Waals surface area contributed by atoms with Gasteiger partial charge in [-0.3, -0.25) is 4.99 Å². The first-order chi connectivity index (χ1) is 14.4. The summed E-state index contributed by atoms with van der Waals surface area (Å²) in [5, 5.41) is 4.82. The fourth-order valence-electron chi connectivity index (χ4n) is 3.25. The van der Waals surface area contributed by atoms with Crippen LogP contribution < -0.4 is 9.47 Å². The maximum atomic E-state index is 5.74. The minimum Gasteiger partial charge on any atom is -0.486 e. The number of aliphatic imine (C=N–C) groups is 1. The van der Waals surface area contributed by atoms with Gasteiger partial charge in [0.25, 0.3) is 0 Å². The number of fused-ring (bicyclic) bond motifs is 1. The number of para-hydroxylation sites is 1. The van der Waals surface area contributed by atoms with Crippen molar-refractivity contribution in [3.8, 4) is 28.4 Å². The molecule has 0 saturated heterocycles. The standard InChI is InChI=1S/C23H19N3O3/c1-2-5-19(6-3-1)26-16-18(14-24-15-20-7-4-10-27-20)23(25-26)17-8-9-21-22(13-17)29-12-11-28-21/h1-10,13-14,16H,11-12,15H2. The Balaban J connectivity index is 1.53. The molecular formula is C23H19N3O3. The van der Waals surface area contributed by atoms with Gasteiger partial charge in [0.15, 0.2) is 11.5 Å². The van der Waals surface area contributed by atoms with Crippen molar-refractivity contribution in [2.75, 3.05) is 13.2 Å². The third kappa shape index (κ3) is 3.65. The molecule has 2 aromatic carbocycles. The molecule has 0 radical (unpaired) electrons. The van der Waals surface area contributed by atoms with Crippen LogP contribution in [0.3, 0.4) is 0 Å². The molecule has 1 aliphatic heterocycles. The van der Waals surface area contributed by atoms with Crippen LogP contribution in [0.5, 0.6) is 11.5 Å². The van der Waals surface area contributed by atoms with Crippen LogP contribution in [-0.4, -0.2) is 29.2 Å². The molecular weight excluding hydrogens is 366 g/mol. The molecule has 1 aliphatic rings. The molecule has 6 nitrogen and oxygen atoms in total. The van der Waals surface area contributed by atoms with Crippen LogP contribution >= 0.6 is 0 Å². The predicted octanol–water partition coefficient (Wildman–Crippen LogP) is 4.52. The highest BCUT2D eigenvalue weighted by atomic mass is 16.6. The summed E-state index contributed by atoms with van der Waals surface area (Å²) in [7, 11) is 0. The Hall–Kier alpha value is -3.80. The second-order valence-corrected chi connectivity index (χ2v) is 6.62. The van der Waals surface area contributed by atoms with E-state index < -0.39 is 0 Å². The summed E-state index contributed by atoms with van der Waals surface area (Å²) >= 11 is 0. The van der Waals surface area contributed by atoms with E-state index in [2.05, 4.69) is 4.99 Å². The lowest BCUT2D eigenvalue weighted by atomic mass is 10.1. The van der Waals surface area contributed by atoms with Gasteiger partial charge in [0.05, 0.1) is 18.5 Å². The quantitative estimate of drug-likeness (QED) is 0.474. The van der Waals surface area contributed by atoms with Crippen molar-refractivity contribution in [1.29, 1.82) is 0 Å². The van der Waals surface area contributed by atoms with Crippen LogP contribution in [-0.2, 0) is 6.54 Å². The van der Waals surface area contributed by atoms with Crippen LogP contribution in [0.15, 0.2) is 82.5 Å². The first-order valence-corrected chi connectivity index (χ1v) is 9.44. The molecule has 0 spiro atoms. The van der Waals surface area contributed by atoms with Crippen LogP contribution in [0.25, 0.3) is 16.9 Å². The van der Waals surface area contributed by atoms with E-state index in [4.69, 9.17) is 19.0 Å². The molecule has 0 aliphatic carbocycles. The third-order valence-electron chi connectivity index (χ3n) is 4.64. The minimum atomic E-state index is 0.476. The van der Waals surface area contributed by atoms with Crippen molar-refractivity contribution in [2.45, 2.75) is 6.54 Å². The van der Waals surface area contributed by atoms with E-state index in [0.29, 0.717) is 19.8 Å². The van der Waals surface area contributed by atoms with Gasteiger partial charge < -0.3 is 13.9 Å². The monoisotopic (exact) mass is 385 g/mol. The lowest BCUT2D eigenvalue weighted by molar-refractivity contribution is 0.171. The number of rotatable bonds is 5. The van der Waals surface area contributed by atoms with Crippen LogP contribution in [0, 0.1) is 0 Å². The number of hydrogen-bond acceptors (Lipinski definition) is 5. The number of benzene rings is 2. The van der Waals surface area contributed by atoms with Crippen LogP contribution in [0.2, 0.25) is 0 Å². The molecule has 0 atom stereocenters. The molecule has 3 heterocycles. The summed E-state index contributed by atoms with van der Waals surface area (Å²) in [6.45, 7) is 1.59. The number of furan rings is 1. The maximum Gasteiger partial charge on any atom is 0.162 e. The van der Waals surface area contributed by atoms with Gasteiger partial charge >= 0.3 is 0 Å². The summed E-state index contributed by atoms with van der Waals surface area (Å²) < 4.78 is 18.6. The second kappa shape index (κ2) is 7.67. The van der Waals surface area contributed by atoms with Crippen molar-refractivity contribution in [1.82, 2.24) is 9.78 Å². The number of ether oxygens (including phenoxy) is 2. The summed E-state index contributed by atoms with van der Waals surface area (Å²) in [6.07, 6.45) is 5.47. The van der Waals surface area contributed by atoms with Crippen LogP contribution in [0.4, 0.5) is 0 Å². The van der Waals surface area contributed by atoms with Crippen molar-refractivity contribution in [3.05, 3.63) is 84.4 Å². The van der Waals surface area contributed by atoms with Gasteiger partial charge in [-0.25, -0.2) is 4.68 Å². The Morgan fingerprint density at radius 3 is 2.66 bits per heavy atom. The predicted molar refractivity (Wildman–Crippen MR) is 110 cm³/mol. The van der Waals surface area contributed by atoms with E-state index in [1.54, 1.807) is 6.26 Å². The van der Waals surface area contributed by atoms with Gasteiger partial charge in [-0.2, -0.15) is 5.10 Å². The van der Waals surface area contributed by atoms with Crippen molar-refractivity contribution in [3.63, 3.8) is 0 Å². The number of nitrogens with zero attached hydrogens (tertiary/aromatic N) is 3. The molecule has 29 heavy (non-hydrogen) atoms. The molecule has 2 aromatic heterocycles. The van der Waals surface area contributed by atoms with Gasteiger partial charge in [-0.05, 0) is 42.5 Å². The first-order valence-electron chi connectivity index (χ1n) is 9.44. The Morgan fingerprint density at radius 2 is 1.83 bits per heavy atom. The molecule has 0 amide bonds. The fraction of sp³-hybridized carbons (Fsp3) is 0.130. The Labute approximate surface area is 168 Å². The van der Waals surface area contributed by atoms with Gasteiger partial charge in [0.1, 0.15) is 24.7 Å². The maximum absolute atomic E-state index is 5.74. The summed E-state index contributed by atoms with van der Waals surface area (Å²) in [4.78, 5) is 4.54. The highest BCUT2D eigenvalue weighted by Gasteiger charge is 2.16. The molecule has 0 unspecified atom stereocenters. The fourth-order valence-corrected chi connectivity index (χ4v) is 3.25. The number of hydrogen-bond donors (Lipinski definition) is 0. The summed E-state index contributed by atoms with van der Waals surface area (Å²) in [6, 6.07) is 19.7. The van der Waals surface area contributed by atoms with E-state index in [9.17, 15) is 0 Å². The SMILES string of the molecule is C(=NCc1ccco1)c1cn(-c2ccccc2)nc1-c1ccc2c(c1)OCCO2. The molecule has 4 aromatic rings. The summed E-state index contributed by atoms with van der Waals surface area (Å²) in [5.74, 6) is 2.31. The van der Waals surface area contributed by atoms with Crippen molar-refractivity contribution >= 4 is 6.21 Å². The van der Waals surface area contributed by atoms with E-state index in [-0.39, 0.29) is 0 Å². The zero-order valence-electron chi connectivity index (χ0n) is 15.7. The molecule has 5 rings (SSSR count). The van der Waals surface area contributed by atoms with E-state index in [1.807, 2.05) is 77.8 Å². The normalized spacial score (nSPS) is 13.1. The zero-order valence-corrected chi connectivity index (χ0v) is 15.7. The average molecular weight is 385 g/mol. The van der Waals surface area contributed by atoms with E-state index in [0.717, 1.165) is 39.8 Å². The van der Waals surface area contributed by atoms with Crippen LogP contribution in [0.1, 0.15) is 11.3 Å². The van der Waals surface area contributed by atoms with Gasteiger partial charge in [0.2, 0.25) is 0 Å². The minimum absolute atomic E-state index is 0.476.